The topological polar surface area (TPSA) is 12.0 Å². The van der Waals surface area contributed by atoms with Crippen molar-refractivity contribution in [2.24, 2.45) is 0 Å². The molecule has 3 heteroatoms. The minimum Gasteiger partial charge on any atom is -0.0149 e. The molecule has 0 heterocycles. The van der Waals surface area contributed by atoms with Gasteiger partial charge in [-0.15, -0.1) is 0 Å². The number of allylic oxidation sites excluding steroid dienone is 1. The van der Waals surface area contributed by atoms with Gasteiger partial charge in [0, 0.05) is 0 Å². The van der Waals surface area contributed by atoms with Crippen molar-refractivity contribution in [1.82, 2.24) is 3.80 Å². The van der Waals surface area contributed by atoms with Crippen LogP contribution in [0.2, 0.25) is 10.5 Å². The van der Waals surface area contributed by atoms with E-state index >= 15 is 0 Å². The molecule has 0 spiro atoms. The molecule has 27 heavy (non-hydrogen) atoms. The van der Waals surface area contributed by atoms with Crippen LogP contribution < -0.4 is 7.67 Å². The van der Waals surface area contributed by atoms with Crippen molar-refractivity contribution >= 4 is 42.5 Å². The molecule has 4 rings (SSSR count). The van der Waals surface area contributed by atoms with Crippen molar-refractivity contribution in [3.05, 3.63) is 59.7 Å². The van der Waals surface area contributed by atoms with E-state index < -0.39 is 16.8 Å². The summed E-state index contributed by atoms with van der Waals surface area (Å²) in [6, 6.07) is 15.9. The molecule has 0 radical (unpaired) electrons. The van der Waals surface area contributed by atoms with Crippen LogP contribution in [0.15, 0.2) is 48.5 Å². The number of rotatable bonds is 2. The first-order valence-electron chi connectivity index (χ1n) is 9.64. The van der Waals surface area contributed by atoms with Crippen molar-refractivity contribution in [2.75, 3.05) is 0 Å². The van der Waals surface area contributed by atoms with Gasteiger partial charge < -0.3 is 0 Å². The third kappa shape index (κ3) is 3.49. The molecule has 0 bridgehead atoms. The molecule has 3 aromatic rings. The number of benzene rings is 3. The Labute approximate surface area is 171 Å². The fourth-order valence-corrected chi connectivity index (χ4v) is 10.2. The monoisotopic (exact) mass is 411 g/mol. The molecule has 0 fully saturated rings. The van der Waals surface area contributed by atoms with Gasteiger partial charge in [-0.2, -0.15) is 0 Å². The van der Waals surface area contributed by atoms with Gasteiger partial charge in [0.2, 0.25) is 0 Å². The largest absolute Gasteiger partial charge is 0.0149 e. The molecule has 1 aliphatic rings. The van der Waals surface area contributed by atoms with E-state index in [1.165, 1.54) is 32.7 Å². The van der Waals surface area contributed by atoms with Crippen LogP contribution in [0, 0.1) is 0 Å². The summed E-state index contributed by atoms with van der Waals surface area (Å²) in [6.45, 7) is 9.20. The second-order valence-electron chi connectivity index (χ2n) is 9.25. The summed E-state index contributed by atoms with van der Waals surface area (Å²) in [4.78, 5) is 0. The summed E-state index contributed by atoms with van der Waals surface area (Å²) in [5.74, 6) is 0.478. The van der Waals surface area contributed by atoms with Gasteiger partial charge in [-0.3, -0.25) is 0 Å². The zero-order valence-corrected chi connectivity index (χ0v) is 18.3. The molecule has 1 unspecified atom stereocenters. The first-order valence-corrected chi connectivity index (χ1v) is 14.3. The maximum atomic E-state index is 4.03. The maximum absolute atomic E-state index is 4.03. The van der Waals surface area contributed by atoms with Gasteiger partial charge in [0.05, 0.1) is 0 Å². The molecule has 0 saturated carbocycles. The number of fused-ring (bicyclic) bond motifs is 6. The summed E-state index contributed by atoms with van der Waals surface area (Å²) >= 11 is -2.41. The van der Waals surface area contributed by atoms with Crippen LogP contribution in [-0.2, 0) is 16.8 Å². The van der Waals surface area contributed by atoms with E-state index in [0.717, 1.165) is 0 Å². The van der Waals surface area contributed by atoms with Crippen LogP contribution >= 0.6 is 0 Å². The Hall–Kier alpha value is -1.19. The van der Waals surface area contributed by atoms with E-state index in [2.05, 4.69) is 96.6 Å². The Kier molecular flexibility index (Phi) is 5.33. The van der Waals surface area contributed by atoms with E-state index in [1.807, 2.05) is 0 Å². The van der Waals surface area contributed by atoms with Gasteiger partial charge >= 0.3 is 161 Å². The van der Waals surface area contributed by atoms with E-state index in [-0.39, 0.29) is 16.5 Å². The van der Waals surface area contributed by atoms with Gasteiger partial charge in [0.15, 0.2) is 0 Å². The van der Waals surface area contributed by atoms with E-state index in [1.54, 1.807) is 3.87 Å². The third-order valence-corrected chi connectivity index (χ3v) is 10.4. The minimum absolute atomic E-state index is 0. The molecule has 1 nitrogen and oxygen atoms in total. The van der Waals surface area contributed by atoms with Crippen molar-refractivity contribution in [1.29, 1.82) is 0 Å². The molecule has 3 aromatic carbocycles. The minimum atomic E-state index is -2.41. The fraction of sp³-hybridized carbons (Fsp3) is 0.333. The summed E-state index contributed by atoms with van der Waals surface area (Å²) < 4.78 is 5.60. The third-order valence-electron chi connectivity index (χ3n) is 5.50. The van der Waals surface area contributed by atoms with Gasteiger partial charge in [0.1, 0.15) is 0 Å². The number of hydrogen-bond donors (Lipinski definition) is 1. The molecule has 1 atom stereocenters. The number of nitrogens with one attached hydrogen (secondary N) is 1. The van der Waals surface area contributed by atoms with Crippen molar-refractivity contribution in [3.8, 4) is 0 Å². The van der Waals surface area contributed by atoms with E-state index in [0.29, 0.717) is 5.92 Å². The summed E-state index contributed by atoms with van der Waals surface area (Å²) in [5, 5.41) is 10.7. The first-order chi connectivity index (χ1) is 12.2. The fourth-order valence-electron chi connectivity index (χ4n) is 4.81. The molecule has 1 N–H and O–H groups in total. The molecular weight excluding hydrogens is 378 g/mol. The van der Waals surface area contributed by atoms with Gasteiger partial charge in [0.25, 0.3) is 0 Å². The van der Waals surface area contributed by atoms with E-state index in [9.17, 15) is 0 Å². The zero-order valence-electron chi connectivity index (χ0n) is 16.8. The first kappa shape index (κ1) is 20.5. The smallest absolute Gasteiger partial charge is 0.0149 e. The molecule has 0 saturated heterocycles. The van der Waals surface area contributed by atoms with Crippen LogP contribution in [0.1, 0.15) is 44.7 Å². The zero-order chi connectivity index (χ0) is 18.7. The Morgan fingerprint density at radius 1 is 0.889 bits per heavy atom. The predicted molar refractivity (Wildman–Crippen MR) is 124 cm³/mol. The molecule has 142 valence electrons. The summed E-state index contributed by atoms with van der Waals surface area (Å²) in [7, 11) is 0. The van der Waals surface area contributed by atoms with E-state index in [4.69, 9.17) is 0 Å². The van der Waals surface area contributed by atoms with Gasteiger partial charge in [-0.05, 0) is 11.0 Å². The van der Waals surface area contributed by atoms with Crippen LogP contribution in [0.25, 0.3) is 27.6 Å². The normalized spacial score (nSPS) is 16.6. The average molecular weight is 411 g/mol. The van der Waals surface area contributed by atoms with Crippen molar-refractivity contribution in [2.45, 2.75) is 49.6 Å². The maximum Gasteiger partial charge on any atom is -0.0149 e. The molecule has 0 aliphatic heterocycles. The average Bonchev–Trinajstić information content (AvgIpc) is 2.94. The van der Waals surface area contributed by atoms with Crippen LogP contribution in [-0.4, -0.2) is 16.5 Å². The van der Waals surface area contributed by atoms with Gasteiger partial charge in [-0.1, -0.05) is 0 Å². The Morgan fingerprint density at radius 3 is 2.19 bits per heavy atom. The summed E-state index contributed by atoms with van der Waals surface area (Å²) in [6.07, 6.45) is 4.71. The Morgan fingerprint density at radius 2 is 1.52 bits per heavy atom. The molecular formula is C24H33NSiTi. The second kappa shape index (κ2) is 7.01. The van der Waals surface area contributed by atoms with Crippen LogP contribution in [0.4, 0.5) is 0 Å². The standard InChI is InChI=1S/C18H13.C4H10N.2CH3.H4Si.Ti/c1-12-10-11-17-15-8-3-2-6-13(15)14-7-4-5-9-16(14)18(12)17;1-4(2,3)5;;;;/h2-8,10-12H,1H3;5H,1-3H3;2*1H3;1H4;/q;-1;;;;+1. The Balaban J connectivity index is 0.00000210. The molecule has 0 amide bonds. The predicted octanol–water partition coefficient (Wildman–Crippen LogP) is 4.85. The number of hydrogen-bond acceptors (Lipinski definition) is 1. The van der Waals surface area contributed by atoms with Crippen LogP contribution in [0.5, 0.6) is 0 Å². The van der Waals surface area contributed by atoms with Crippen molar-refractivity contribution in [3.63, 3.8) is 0 Å². The van der Waals surface area contributed by atoms with Crippen LogP contribution in [0.3, 0.4) is 0 Å². The molecule has 1 aliphatic carbocycles. The second-order valence-corrected chi connectivity index (χ2v) is 15.6. The van der Waals surface area contributed by atoms with Crippen molar-refractivity contribution < 1.29 is 16.8 Å². The Bertz CT molecular complexity index is 1040. The molecule has 0 aromatic heterocycles. The quantitative estimate of drug-likeness (QED) is 0.470. The van der Waals surface area contributed by atoms with Gasteiger partial charge in [-0.25, -0.2) is 0 Å². The SMILES string of the molecule is CC1C=Cc2c1c1[c]([Ti]([CH3])([CH3])[NH]C(C)(C)C)cccc1c1ccccc21.[SiH4]. The summed E-state index contributed by atoms with van der Waals surface area (Å²) in [5.41, 5.74) is 3.10.